The van der Waals surface area contributed by atoms with Crippen LogP contribution < -0.4 is 10.1 Å². The topological polar surface area (TPSA) is 60.5 Å². The quantitative estimate of drug-likeness (QED) is 0.220. The number of nitrogens with zero attached hydrogens (tertiary/aromatic N) is 1. The number of thiazole rings is 1. The number of methoxy groups -OCH3 is 1. The second-order valence-corrected chi connectivity index (χ2v) is 9.31. The molecule has 2 aromatic carbocycles. The zero-order valence-electron chi connectivity index (χ0n) is 16.7. The Hall–Kier alpha value is -2.81. The van der Waals surface area contributed by atoms with Crippen molar-refractivity contribution in [2.24, 2.45) is 0 Å². The van der Waals surface area contributed by atoms with E-state index in [1.165, 1.54) is 18.4 Å². The number of rotatable bonds is 9. The van der Waals surface area contributed by atoms with E-state index in [0.29, 0.717) is 11.5 Å². The lowest BCUT2D eigenvalue weighted by molar-refractivity contribution is 0.0606. The highest BCUT2D eigenvalue weighted by molar-refractivity contribution is 7.98. The molecule has 1 N–H and O–H groups in total. The molecule has 0 spiro atoms. The van der Waals surface area contributed by atoms with E-state index in [2.05, 4.69) is 10.3 Å². The summed E-state index contributed by atoms with van der Waals surface area (Å²) in [5.41, 5.74) is 3.09. The molecule has 2 aromatic heterocycles. The molecule has 4 aromatic rings. The molecular formula is C23H20N2O3S3. The lowest BCUT2D eigenvalue weighted by atomic mass is 10.2. The largest absolute Gasteiger partial charge is 0.489 e. The molecule has 2 heterocycles. The normalized spacial score (nSPS) is 10.6. The summed E-state index contributed by atoms with van der Waals surface area (Å²) in [4.78, 5) is 17.9. The third-order valence-electron chi connectivity index (χ3n) is 4.25. The first-order chi connectivity index (χ1) is 15.2. The highest BCUT2D eigenvalue weighted by atomic mass is 32.2. The number of nitrogens with one attached hydrogen (secondary N) is 1. The summed E-state index contributed by atoms with van der Waals surface area (Å²) >= 11 is 4.61. The number of carbonyl (C=O) groups is 1. The van der Waals surface area contributed by atoms with Gasteiger partial charge >= 0.3 is 5.97 Å². The Balaban J connectivity index is 1.27. The fourth-order valence-electron chi connectivity index (χ4n) is 2.69. The van der Waals surface area contributed by atoms with Gasteiger partial charge in [0.05, 0.1) is 12.8 Å². The maximum absolute atomic E-state index is 11.6. The van der Waals surface area contributed by atoms with Crippen molar-refractivity contribution in [2.45, 2.75) is 17.3 Å². The van der Waals surface area contributed by atoms with E-state index in [1.54, 1.807) is 23.1 Å². The smallest absolute Gasteiger partial charge is 0.348 e. The van der Waals surface area contributed by atoms with Crippen LogP contribution >= 0.6 is 34.4 Å². The monoisotopic (exact) mass is 468 g/mol. The van der Waals surface area contributed by atoms with Crippen LogP contribution in [0.1, 0.15) is 20.9 Å². The summed E-state index contributed by atoms with van der Waals surface area (Å²) in [6.45, 7) is 0.548. The number of hydrogen-bond donors (Lipinski definition) is 1. The van der Waals surface area contributed by atoms with E-state index in [0.717, 1.165) is 38.5 Å². The second kappa shape index (κ2) is 10.5. The van der Waals surface area contributed by atoms with Crippen molar-refractivity contribution in [2.75, 3.05) is 12.4 Å². The van der Waals surface area contributed by atoms with Crippen LogP contribution in [0.3, 0.4) is 0 Å². The minimum atomic E-state index is -0.298. The SMILES string of the molecule is COC(=O)c1cc(SCc2csc(Nc3ccc(OCc4ccccc4)cc3)n2)cs1. The third kappa shape index (κ3) is 6.10. The van der Waals surface area contributed by atoms with Gasteiger partial charge < -0.3 is 14.8 Å². The van der Waals surface area contributed by atoms with Gasteiger partial charge in [-0.15, -0.1) is 34.4 Å². The average molecular weight is 469 g/mol. The van der Waals surface area contributed by atoms with E-state index in [-0.39, 0.29) is 5.97 Å². The van der Waals surface area contributed by atoms with Gasteiger partial charge in [-0.3, -0.25) is 0 Å². The van der Waals surface area contributed by atoms with Gasteiger partial charge in [0.2, 0.25) is 0 Å². The molecule has 0 fully saturated rings. The Morgan fingerprint density at radius 1 is 1.06 bits per heavy atom. The van der Waals surface area contributed by atoms with Gasteiger partial charge in [-0.05, 0) is 35.9 Å². The summed E-state index contributed by atoms with van der Waals surface area (Å²) < 4.78 is 10.6. The molecular weight excluding hydrogens is 448 g/mol. The van der Waals surface area contributed by atoms with Crippen molar-refractivity contribution in [3.05, 3.63) is 87.6 Å². The Morgan fingerprint density at radius 2 is 1.87 bits per heavy atom. The zero-order chi connectivity index (χ0) is 21.5. The van der Waals surface area contributed by atoms with Gasteiger partial charge in [0.15, 0.2) is 5.13 Å². The number of anilines is 2. The lowest BCUT2D eigenvalue weighted by Crippen LogP contribution is -1.96. The highest BCUT2D eigenvalue weighted by Gasteiger charge is 2.10. The van der Waals surface area contributed by atoms with Crippen molar-refractivity contribution in [3.8, 4) is 5.75 Å². The molecule has 0 aliphatic rings. The number of carbonyl (C=O) groups excluding carboxylic acids is 1. The van der Waals surface area contributed by atoms with Gasteiger partial charge in [-0.2, -0.15) is 0 Å². The minimum absolute atomic E-state index is 0.298. The van der Waals surface area contributed by atoms with Crippen molar-refractivity contribution >= 4 is 51.2 Å². The minimum Gasteiger partial charge on any atom is -0.489 e. The molecule has 0 unspecified atom stereocenters. The maximum atomic E-state index is 11.6. The first-order valence-electron chi connectivity index (χ1n) is 9.47. The summed E-state index contributed by atoms with van der Waals surface area (Å²) in [5, 5.41) is 8.18. The number of thiophene rings is 1. The molecule has 4 rings (SSSR count). The molecule has 158 valence electrons. The number of benzene rings is 2. The van der Waals surface area contributed by atoms with E-state index in [4.69, 9.17) is 9.47 Å². The average Bonchev–Trinajstić information content (AvgIpc) is 3.47. The van der Waals surface area contributed by atoms with Gasteiger partial charge in [-0.25, -0.2) is 9.78 Å². The molecule has 0 atom stereocenters. The van der Waals surface area contributed by atoms with E-state index in [9.17, 15) is 4.79 Å². The summed E-state index contributed by atoms with van der Waals surface area (Å²) in [7, 11) is 1.39. The number of ether oxygens (including phenoxy) is 2. The molecule has 0 aliphatic carbocycles. The first kappa shape index (κ1) is 21.4. The van der Waals surface area contributed by atoms with Crippen molar-refractivity contribution in [3.63, 3.8) is 0 Å². The Morgan fingerprint density at radius 3 is 2.65 bits per heavy atom. The van der Waals surface area contributed by atoms with Crippen LogP contribution in [0.15, 0.2) is 76.3 Å². The fourth-order valence-corrected chi connectivity index (χ4v) is 5.37. The van der Waals surface area contributed by atoms with Crippen LogP contribution in [0.5, 0.6) is 5.75 Å². The molecule has 0 saturated heterocycles. The summed E-state index contributed by atoms with van der Waals surface area (Å²) in [5.74, 6) is 1.27. The van der Waals surface area contributed by atoms with Crippen LogP contribution in [-0.2, 0) is 17.1 Å². The molecule has 0 amide bonds. The predicted molar refractivity (Wildman–Crippen MR) is 128 cm³/mol. The number of thioether (sulfide) groups is 1. The van der Waals surface area contributed by atoms with Crippen molar-refractivity contribution < 1.29 is 14.3 Å². The number of esters is 1. The van der Waals surface area contributed by atoms with Gasteiger partial charge in [0.25, 0.3) is 0 Å². The Kier molecular flexibility index (Phi) is 7.24. The van der Waals surface area contributed by atoms with Crippen molar-refractivity contribution in [1.29, 1.82) is 0 Å². The number of aromatic nitrogens is 1. The Bertz CT molecular complexity index is 1120. The third-order valence-corrected chi connectivity index (χ3v) is 7.13. The molecule has 5 nitrogen and oxygen atoms in total. The van der Waals surface area contributed by atoms with Crippen LogP contribution in [0, 0.1) is 0 Å². The first-order valence-corrected chi connectivity index (χ1v) is 12.2. The predicted octanol–water partition coefficient (Wildman–Crippen LogP) is 6.61. The van der Waals surface area contributed by atoms with Crippen LogP contribution in [-0.4, -0.2) is 18.1 Å². The molecule has 0 aliphatic heterocycles. The molecule has 0 saturated carbocycles. The van der Waals surface area contributed by atoms with Gasteiger partial charge in [0, 0.05) is 27.1 Å². The van der Waals surface area contributed by atoms with E-state index < -0.39 is 0 Å². The highest BCUT2D eigenvalue weighted by Crippen LogP contribution is 2.30. The second-order valence-electron chi connectivity index (χ2n) is 6.49. The van der Waals surface area contributed by atoms with Gasteiger partial charge in [-0.1, -0.05) is 30.3 Å². The molecule has 0 radical (unpaired) electrons. The van der Waals surface area contributed by atoms with Crippen LogP contribution in [0.4, 0.5) is 10.8 Å². The lowest BCUT2D eigenvalue weighted by Gasteiger charge is -2.08. The fraction of sp³-hybridized carbons (Fsp3) is 0.130. The summed E-state index contributed by atoms with van der Waals surface area (Å²) in [6, 6.07) is 19.8. The maximum Gasteiger partial charge on any atom is 0.348 e. The standard InChI is InChI=1S/C23H20N2O3S3/c1-27-22(26)21-11-20(15-30-21)29-13-18-14-31-23(25-18)24-17-7-9-19(10-8-17)28-12-16-5-3-2-4-6-16/h2-11,14-15H,12-13H2,1H3,(H,24,25). The number of hydrogen-bond acceptors (Lipinski definition) is 8. The summed E-state index contributed by atoms with van der Waals surface area (Å²) in [6.07, 6.45) is 0. The van der Waals surface area contributed by atoms with Crippen molar-refractivity contribution in [1.82, 2.24) is 4.98 Å². The molecule has 31 heavy (non-hydrogen) atoms. The Labute approximate surface area is 193 Å². The van der Waals surface area contributed by atoms with Gasteiger partial charge in [0.1, 0.15) is 17.2 Å². The van der Waals surface area contributed by atoms with Crippen LogP contribution in [0.2, 0.25) is 0 Å². The van der Waals surface area contributed by atoms with E-state index in [1.807, 2.05) is 71.4 Å². The van der Waals surface area contributed by atoms with E-state index >= 15 is 0 Å². The molecule has 8 heteroatoms. The molecule has 0 bridgehead atoms. The van der Waals surface area contributed by atoms with Crippen LogP contribution in [0.25, 0.3) is 0 Å². The zero-order valence-corrected chi connectivity index (χ0v) is 19.2.